The molecule has 0 spiro atoms. The van der Waals surface area contributed by atoms with E-state index in [1.807, 2.05) is 12.1 Å². The summed E-state index contributed by atoms with van der Waals surface area (Å²) in [4.78, 5) is 12.0. The zero-order valence-corrected chi connectivity index (χ0v) is 13.8. The smallest absolute Gasteiger partial charge is 0.252 e. The van der Waals surface area contributed by atoms with Crippen molar-refractivity contribution in [2.45, 2.75) is 31.8 Å². The zero-order chi connectivity index (χ0) is 13.7. The first-order valence-corrected chi connectivity index (χ1v) is 8.10. The fourth-order valence-corrected chi connectivity index (χ4v) is 3.38. The number of benzene rings is 1. The molecule has 0 aromatic heterocycles. The van der Waals surface area contributed by atoms with Gasteiger partial charge in [0.15, 0.2) is 0 Å². The maximum Gasteiger partial charge on any atom is 0.252 e. The topological polar surface area (TPSA) is 38.3 Å². The van der Waals surface area contributed by atoms with E-state index in [1.54, 1.807) is 6.07 Å². The van der Waals surface area contributed by atoms with Crippen LogP contribution in [0.5, 0.6) is 0 Å². The summed E-state index contributed by atoms with van der Waals surface area (Å²) < 4.78 is 7.39. The normalized spacial score (nSPS) is 19.2. The Balaban J connectivity index is 1.80. The number of amides is 1. The Hall–Kier alpha value is -0.390. The summed E-state index contributed by atoms with van der Waals surface area (Å²) in [5.41, 5.74) is 0.660. The van der Waals surface area contributed by atoms with Gasteiger partial charge in [-0.1, -0.05) is 15.9 Å². The number of carbonyl (C=O) groups excluding carboxylic acids is 1. The van der Waals surface area contributed by atoms with E-state index in [-0.39, 0.29) is 5.91 Å². The lowest BCUT2D eigenvalue weighted by Gasteiger charge is -2.22. The van der Waals surface area contributed by atoms with Crippen LogP contribution < -0.4 is 5.32 Å². The van der Waals surface area contributed by atoms with Gasteiger partial charge in [0, 0.05) is 22.1 Å². The molecule has 5 heteroatoms. The van der Waals surface area contributed by atoms with Gasteiger partial charge in [-0.2, -0.15) is 0 Å². The highest BCUT2D eigenvalue weighted by molar-refractivity contribution is 9.11. The van der Waals surface area contributed by atoms with Gasteiger partial charge >= 0.3 is 0 Å². The Morgan fingerprint density at radius 3 is 2.89 bits per heavy atom. The van der Waals surface area contributed by atoms with Gasteiger partial charge in [0.05, 0.1) is 11.7 Å². The van der Waals surface area contributed by atoms with E-state index in [9.17, 15) is 4.79 Å². The fourth-order valence-electron chi connectivity index (χ4n) is 2.15. The quantitative estimate of drug-likeness (QED) is 0.846. The van der Waals surface area contributed by atoms with Crippen LogP contribution in [0, 0.1) is 0 Å². The third-order valence-corrected chi connectivity index (χ3v) is 4.35. The van der Waals surface area contributed by atoms with Crippen molar-refractivity contribution in [1.82, 2.24) is 5.32 Å². The highest BCUT2D eigenvalue weighted by atomic mass is 79.9. The second kappa shape index (κ2) is 7.41. The molecule has 1 aliphatic rings. The minimum absolute atomic E-state index is 0.0461. The Morgan fingerprint density at radius 2 is 2.21 bits per heavy atom. The minimum atomic E-state index is -0.0461. The Kier molecular flexibility index (Phi) is 5.85. The van der Waals surface area contributed by atoms with Crippen molar-refractivity contribution in [2.24, 2.45) is 0 Å². The largest absolute Gasteiger partial charge is 0.378 e. The van der Waals surface area contributed by atoms with Crippen LogP contribution in [-0.4, -0.2) is 25.2 Å². The van der Waals surface area contributed by atoms with Crippen molar-refractivity contribution < 1.29 is 9.53 Å². The van der Waals surface area contributed by atoms with Crippen molar-refractivity contribution >= 4 is 37.8 Å². The molecule has 104 valence electrons. The summed E-state index contributed by atoms with van der Waals surface area (Å²) in [7, 11) is 0. The number of ether oxygens (including phenoxy) is 1. The van der Waals surface area contributed by atoms with Crippen LogP contribution in [0.25, 0.3) is 0 Å². The number of carbonyl (C=O) groups is 1. The summed E-state index contributed by atoms with van der Waals surface area (Å²) in [6.07, 6.45) is 4.70. The van der Waals surface area contributed by atoms with Gasteiger partial charge in [0.1, 0.15) is 0 Å². The van der Waals surface area contributed by atoms with Gasteiger partial charge in [-0.3, -0.25) is 4.79 Å². The van der Waals surface area contributed by atoms with Crippen molar-refractivity contribution in [1.29, 1.82) is 0 Å². The van der Waals surface area contributed by atoms with E-state index in [2.05, 4.69) is 37.2 Å². The van der Waals surface area contributed by atoms with Crippen molar-refractivity contribution in [2.75, 3.05) is 13.2 Å². The number of rotatable bonds is 4. The lowest BCUT2D eigenvalue weighted by Crippen LogP contribution is -2.29. The summed E-state index contributed by atoms with van der Waals surface area (Å²) >= 11 is 6.77. The third-order valence-electron chi connectivity index (χ3n) is 3.20. The lowest BCUT2D eigenvalue weighted by molar-refractivity contribution is 0.0117. The molecule has 3 nitrogen and oxygen atoms in total. The molecular formula is C14H17Br2NO2. The number of nitrogens with one attached hydrogen (secondary N) is 1. The number of hydrogen-bond donors (Lipinski definition) is 1. The second-order valence-electron chi connectivity index (χ2n) is 4.66. The van der Waals surface area contributed by atoms with Crippen LogP contribution in [0.4, 0.5) is 0 Å². The first-order valence-electron chi connectivity index (χ1n) is 6.51. The molecule has 1 N–H and O–H groups in total. The molecule has 2 rings (SSSR count). The molecule has 0 radical (unpaired) electrons. The molecular weight excluding hydrogens is 374 g/mol. The molecule has 19 heavy (non-hydrogen) atoms. The van der Waals surface area contributed by atoms with Crippen LogP contribution >= 0.6 is 31.9 Å². The monoisotopic (exact) mass is 389 g/mol. The summed E-state index contributed by atoms with van der Waals surface area (Å²) in [6.45, 7) is 1.52. The van der Waals surface area contributed by atoms with Gasteiger partial charge < -0.3 is 10.1 Å². The first kappa shape index (κ1) is 15.0. The molecule has 0 saturated carbocycles. The molecule has 1 fully saturated rings. The molecule has 1 heterocycles. The number of hydrogen-bond acceptors (Lipinski definition) is 2. The van der Waals surface area contributed by atoms with Gasteiger partial charge in [-0.25, -0.2) is 0 Å². The molecule has 1 aromatic carbocycles. The molecule has 1 atom stereocenters. The summed E-state index contributed by atoms with van der Waals surface area (Å²) in [5, 5.41) is 2.94. The first-order chi connectivity index (χ1) is 9.16. The molecule has 1 aliphatic heterocycles. The van der Waals surface area contributed by atoms with E-state index >= 15 is 0 Å². The Labute approximate surface area is 130 Å². The zero-order valence-electron chi connectivity index (χ0n) is 10.6. The minimum Gasteiger partial charge on any atom is -0.378 e. The average molecular weight is 391 g/mol. The standard InChI is InChI=1S/C14H17Br2NO2/c15-10-4-5-12(13(16)9-10)14(18)17-7-6-11-3-1-2-8-19-11/h4-5,9,11H,1-3,6-8H2,(H,17,18). The predicted molar refractivity (Wildman–Crippen MR) is 82.4 cm³/mol. The van der Waals surface area contributed by atoms with E-state index < -0.39 is 0 Å². The fraction of sp³-hybridized carbons (Fsp3) is 0.500. The highest BCUT2D eigenvalue weighted by Crippen LogP contribution is 2.22. The van der Waals surface area contributed by atoms with E-state index in [4.69, 9.17) is 4.74 Å². The molecule has 1 aromatic rings. The van der Waals surface area contributed by atoms with Gasteiger partial charge in [-0.05, 0) is 59.8 Å². The van der Waals surface area contributed by atoms with Gasteiger partial charge in [0.25, 0.3) is 5.91 Å². The summed E-state index contributed by atoms with van der Waals surface area (Å²) in [6, 6.07) is 5.55. The van der Waals surface area contributed by atoms with E-state index in [0.717, 1.165) is 34.8 Å². The summed E-state index contributed by atoms with van der Waals surface area (Å²) in [5.74, 6) is -0.0461. The SMILES string of the molecule is O=C(NCCC1CCCCO1)c1ccc(Br)cc1Br. The van der Waals surface area contributed by atoms with Crippen molar-refractivity contribution in [3.63, 3.8) is 0 Å². The van der Waals surface area contributed by atoms with Crippen molar-refractivity contribution in [3.05, 3.63) is 32.7 Å². The molecule has 1 saturated heterocycles. The Morgan fingerprint density at radius 1 is 1.37 bits per heavy atom. The maximum absolute atomic E-state index is 12.0. The predicted octanol–water partition coefficient (Wildman–Crippen LogP) is 3.90. The van der Waals surface area contributed by atoms with Crippen LogP contribution in [0.1, 0.15) is 36.0 Å². The lowest BCUT2D eigenvalue weighted by atomic mass is 10.1. The number of halogens is 2. The highest BCUT2D eigenvalue weighted by Gasteiger charge is 2.15. The molecule has 1 amide bonds. The molecule has 1 unspecified atom stereocenters. The van der Waals surface area contributed by atoms with Crippen molar-refractivity contribution in [3.8, 4) is 0 Å². The average Bonchev–Trinajstić information content (AvgIpc) is 2.39. The molecule has 0 bridgehead atoms. The third kappa shape index (κ3) is 4.58. The van der Waals surface area contributed by atoms with Gasteiger partial charge in [0.2, 0.25) is 0 Å². The van der Waals surface area contributed by atoms with Gasteiger partial charge in [-0.15, -0.1) is 0 Å². The Bertz CT molecular complexity index is 445. The van der Waals surface area contributed by atoms with E-state index in [1.165, 1.54) is 6.42 Å². The van der Waals surface area contributed by atoms with Crippen LogP contribution in [0.2, 0.25) is 0 Å². The maximum atomic E-state index is 12.0. The van der Waals surface area contributed by atoms with E-state index in [0.29, 0.717) is 18.2 Å². The van der Waals surface area contributed by atoms with Crippen LogP contribution in [0.15, 0.2) is 27.1 Å². The van der Waals surface area contributed by atoms with Crippen LogP contribution in [-0.2, 0) is 4.74 Å². The molecule has 0 aliphatic carbocycles. The second-order valence-corrected chi connectivity index (χ2v) is 6.43. The van der Waals surface area contributed by atoms with Crippen LogP contribution in [0.3, 0.4) is 0 Å².